The minimum atomic E-state index is 0.907. The molecule has 0 aliphatic rings. The molecule has 2 aromatic heterocycles. The van der Waals surface area contributed by atoms with Crippen LogP contribution >= 0.6 is 0 Å². The first-order valence-electron chi connectivity index (χ1n) is 17.1. The summed E-state index contributed by atoms with van der Waals surface area (Å²) >= 11 is 0. The van der Waals surface area contributed by atoms with Gasteiger partial charge in [0.25, 0.3) is 0 Å². The van der Waals surface area contributed by atoms with Crippen molar-refractivity contribution in [3.8, 4) is 33.4 Å². The van der Waals surface area contributed by atoms with Crippen LogP contribution < -0.4 is 0 Å². The fourth-order valence-corrected chi connectivity index (χ4v) is 8.22. The van der Waals surface area contributed by atoms with E-state index in [1.807, 2.05) is 6.07 Å². The first-order chi connectivity index (χ1) is 24.8. The molecule has 11 aromatic rings. The molecule has 11 rings (SSSR count). The molecule has 0 radical (unpaired) electrons. The maximum absolute atomic E-state index is 6.84. The van der Waals surface area contributed by atoms with Crippen LogP contribution in [0.15, 0.2) is 179 Å². The molecule has 0 spiro atoms. The van der Waals surface area contributed by atoms with E-state index < -0.39 is 0 Å². The molecule has 0 aliphatic heterocycles. The highest BCUT2D eigenvalue weighted by molar-refractivity contribution is 6.26. The Balaban J connectivity index is 1.27. The van der Waals surface area contributed by atoms with Gasteiger partial charge in [-0.05, 0) is 102 Å². The summed E-state index contributed by atoms with van der Waals surface area (Å²) in [6.45, 7) is 0. The smallest absolute Gasteiger partial charge is 0.143 e. The van der Waals surface area contributed by atoms with Crippen LogP contribution in [0.3, 0.4) is 0 Å². The maximum Gasteiger partial charge on any atom is 0.143 e. The average molecular weight is 637 g/mol. The van der Waals surface area contributed by atoms with Crippen LogP contribution in [0.4, 0.5) is 0 Å². The molecule has 0 saturated carbocycles. The van der Waals surface area contributed by atoms with Crippen LogP contribution in [-0.2, 0) is 0 Å². The van der Waals surface area contributed by atoms with Crippen molar-refractivity contribution in [2.75, 3.05) is 0 Å². The minimum absolute atomic E-state index is 0.907. The Bertz CT molecular complexity index is 3140. The van der Waals surface area contributed by atoms with Gasteiger partial charge in [0.2, 0.25) is 0 Å². The molecule has 0 atom stereocenters. The van der Waals surface area contributed by atoms with Crippen molar-refractivity contribution >= 4 is 76.0 Å². The summed E-state index contributed by atoms with van der Waals surface area (Å²) in [4.78, 5) is 0. The molecule has 9 aromatic carbocycles. The lowest BCUT2D eigenvalue weighted by Gasteiger charge is -2.19. The lowest BCUT2D eigenvalue weighted by atomic mass is 9.84. The molecule has 2 heterocycles. The fourth-order valence-electron chi connectivity index (χ4n) is 8.22. The van der Waals surface area contributed by atoms with Gasteiger partial charge in [-0.3, -0.25) is 0 Å². The Hall–Kier alpha value is -6.64. The number of hydrogen-bond acceptors (Lipinski definition) is 2. The summed E-state index contributed by atoms with van der Waals surface area (Å²) < 4.78 is 12.6. The summed E-state index contributed by atoms with van der Waals surface area (Å²) in [5.41, 5.74) is 9.81. The third-order valence-corrected chi connectivity index (χ3v) is 10.5. The SMILES string of the molecule is c1ccc(-c2ccc3c(-c4ccc5cc6occc6cc5c4)c4ccccc4c(-c4cccc5c4oc4ccc6ccccc6c45)c3c2)cc1. The second kappa shape index (κ2) is 10.4. The third-order valence-electron chi connectivity index (χ3n) is 10.5. The Labute approximate surface area is 287 Å². The second-order valence-corrected chi connectivity index (χ2v) is 13.2. The Morgan fingerprint density at radius 3 is 1.98 bits per heavy atom. The zero-order valence-electron chi connectivity index (χ0n) is 27.0. The molecule has 0 N–H and O–H groups in total. The zero-order chi connectivity index (χ0) is 32.8. The Morgan fingerprint density at radius 2 is 1.08 bits per heavy atom. The van der Waals surface area contributed by atoms with Gasteiger partial charge in [0, 0.05) is 27.3 Å². The molecule has 0 saturated heterocycles. The highest BCUT2D eigenvalue weighted by Crippen LogP contribution is 2.48. The molecule has 2 nitrogen and oxygen atoms in total. The minimum Gasteiger partial charge on any atom is -0.464 e. The summed E-state index contributed by atoms with van der Waals surface area (Å²) in [6.07, 6.45) is 1.76. The van der Waals surface area contributed by atoms with Gasteiger partial charge in [-0.2, -0.15) is 0 Å². The van der Waals surface area contributed by atoms with Gasteiger partial charge in [-0.1, -0.05) is 127 Å². The Kier molecular flexibility index (Phi) is 5.70. The van der Waals surface area contributed by atoms with Crippen molar-refractivity contribution < 1.29 is 8.83 Å². The molecule has 232 valence electrons. The Morgan fingerprint density at radius 1 is 0.340 bits per heavy atom. The molecular formula is C48H28O2. The van der Waals surface area contributed by atoms with Gasteiger partial charge in [0.15, 0.2) is 0 Å². The van der Waals surface area contributed by atoms with Gasteiger partial charge in [0.05, 0.1) is 6.26 Å². The van der Waals surface area contributed by atoms with E-state index in [1.165, 1.54) is 65.5 Å². The summed E-state index contributed by atoms with van der Waals surface area (Å²) in [5, 5.41) is 13.0. The highest BCUT2D eigenvalue weighted by Gasteiger charge is 2.21. The van der Waals surface area contributed by atoms with Crippen molar-refractivity contribution in [3.63, 3.8) is 0 Å². The lowest BCUT2D eigenvalue weighted by molar-refractivity contribution is 0.616. The van der Waals surface area contributed by atoms with Crippen LogP contribution in [0.5, 0.6) is 0 Å². The van der Waals surface area contributed by atoms with Crippen LogP contribution in [0.1, 0.15) is 0 Å². The molecular weight excluding hydrogens is 609 g/mol. The predicted molar refractivity (Wildman–Crippen MR) is 210 cm³/mol. The monoisotopic (exact) mass is 636 g/mol. The quantitative estimate of drug-likeness (QED) is 0.180. The van der Waals surface area contributed by atoms with Gasteiger partial charge in [-0.25, -0.2) is 0 Å². The van der Waals surface area contributed by atoms with E-state index in [2.05, 4.69) is 158 Å². The average Bonchev–Trinajstić information content (AvgIpc) is 3.80. The molecule has 0 unspecified atom stereocenters. The van der Waals surface area contributed by atoms with Crippen LogP contribution in [0.25, 0.3) is 109 Å². The van der Waals surface area contributed by atoms with E-state index in [1.54, 1.807) is 6.26 Å². The largest absolute Gasteiger partial charge is 0.464 e. The number of para-hydroxylation sites is 1. The first kappa shape index (κ1) is 27.3. The predicted octanol–water partition coefficient (Wildman–Crippen LogP) is 13.9. The maximum atomic E-state index is 6.84. The number of fused-ring (bicyclic) bond motifs is 9. The topological polar surface area (TPSA) is 26.3 Å². The number of rotatable bonds is 3. The standard InChI is InChI=1S/C48H28O2/c1-2-9-29(10-3-1)31-19-21-39-42(27-31)46(40-15-8-16-41-47-36-12-5-4-11-30(36)20-22-43(47)50-48(40)41)38-14-7-6-13-37(38)45(39)34-18-17-32-28-44-33(23-24-49-44)25-35(32)26-34/h1-28H. The van der Waals surface area contributed by atoms with E-state index in [9.17, 15) is 0 Å². The van der Waals surface area contributed by atoms with E-state index in [4.69, 9.17) is 8.83 Å². The number of benzene rings is 9. The molecule has 2 heteroatoms. The lowest BCUT2D eigenvalue weighted by Crippen LogP contribution is -1.92. The zero-order valence-corrected chi connectivity index (χ0v) is 27.0. The van der Waals surface area contributed by atoms with E-state index in [0.29, 0.717) is 0 Å². The third kappa shape index (κ3) is 3.96. The summed E-state index contributed by atoms with van der Waals surface area (Å²) in [6, 6.07) is 59.2. The van der Waals surface area contributed by atoms with Gasteiger partial charge < -0.3 is 8.83 Å². The van der Waals surface area contributed by atoms with Crippen molar-refractivity contribution in [1.82, 2.24) is 0 Å². The first-order valence-corrected chi connectivity index (χ1v) is 17.1. The normalized spacial score (nSPS) is 12.0. The van der Waals surface area contributed by atoms with Crippen molar-refractivity contribution in [2.24, 2.45) is 0 Å². The van der Waals surface area contributed by atoms with Crippen molar-refractivity contribution in [2.45, 2.75) is 0 Å². The molecule has 0 bridgehead atoms. The van der Waals surface area contributed by atoms with E-state index >= 15 is 0 Å². The second-order valence-electron chi connectivity index (χ2n) is 13.2. The fraction of sp³-hybridized carbons (Fsp3) is 0. The van der Waals surface area contributed by atoms with E-state index in [0.717, 1.165) is 43.9 Å². The molecule has 0 amide bonds. The number of hydrogen-bond donors (Lipinski definition) is 0. The van der Waals surface area contributed by atoms with Gasteiger partial charge in [-0.15, -0.1) is 0 Å². The van der Waals surface area contributed by atoms with Gasteiger partial charge in [0.1, 0.15) is 16.7 Å². The van der Waals surface area contributed by atoms with Gasteiger partial charge >= 0.3 is 0 Å². The highest BCUT2D eigenvalue weighted by atomic mass is 16.3. The number of furan rings is 2. The van der Waals surface area contributed by atoms with Crippen LogP contribution in [0, 0.1) is 0 Å². The van der Waals surface area contributed by atoms with Crippen molar-refractivity contribution in [1.29, 1.82) is 0 Å². The van der Waals surface area contributed by atoms with Crippen LogP contribution in [0.2, 0.25) is 0 Å². The van der Waals surface area contributed by atoms with Crippen molar-refractivity contribution in [3.05, 3.63) is 170 Å². The summed E-state index contributed by atoms with van der Waals surface area (Å²) in [5.74, 6) is 0. The van der Waals surface area contributed by atoms with Crippen LogP contribution in [-0.4, -0.2) is 0 Å². The molecule has 0 fully saturated rings. The molecule has 0 aliphatic carbocycles. The summed E-state index contributed by atoms with van der Waals surface area (Å²) in [7, 11) is 0. The molecule has 50 heavy (non-hydrogen) atoms. The van der Waals surface area contributed by atoms with E-state index in [-0.39, 0.29) is 0 Å².